The summed E-state index contributed by atoms with van der Waals surface area (Å²) in [5.74, 6) is -2.51. The van der Waals surface area contributed by atoms with Crippen LogP contribution in [-0.4, -0.2) is 46.3 Å². The van der Waals surface area contributed by atoms with Crippen LogP contribution in [0.15, 0.2) is 39.4 Å². The Bertz CT molecular complexity index is 936. The normalized spacial score (nSPS) is 16.4. The Balaban J connectivity index is 2.38. The van der Waals surface area contributed by atoms with Crippen LogP contribution >= 0.6 is 23.4 Å². The summed E-state index contributed by atoms with van der Waals surface area (Å²) in [6, 6.07) is 4.59. The number of hydrogen-bond donors (Lipinski definition) is 2. The number of benzene rings is 1. The number of carboxylic acids is 1. The van der Waals surface area contributed by atoms with Crippen molar-refractivity contribution in [2.45, 2.75) is 20.3 Å². The molecule has 8 nitrogen and oxygen atoms in total. The average molecular weight is 440 g/mol. The summed E-state index contributed by atoms with van der Waals surface area (Å²) in [7, 11) is 0. The molecule has 0 aromatic heterocycles. The Hall–Kier alpha value is -2.78. The number of amides is 1. The number of nitrogens with zero attached hydrogens (tertiary/aromatic N) is 1. The topological polar surface area (TPSA) is 122 Å². The highest BCUT2D eigenvalue weighted by Crippen LogP contribution is 2.39. The first-order valence-electron chi connectivity index (χ1n) is 8.53. The summed E-state index contributed by atoms with van der Waals surface area (Å²) >= 11 is 7.06. The molecule has 10 heteroatoms. The van der Waals surface area contributed by atoms with Crippen molar-refractivity contribution in [3.63, 3.8) is 0 Å². The molecule has 154 valence electrons. The molecule has 0 aliphatic carbocycles. The first-order chi connectivity index (χ1) is 13.8. The van der Waals surface area contributed by atoms with Gasteiger partial charge in [0, 0.05) is 6.42 Å². The number of carbonyl (C=O) groups is 3. The Morgan fingerprint density at radius 3 is 2.59 bits per heavy atom. The van der Waals surface area contributed by atoms with E-state index < -0.39 is 24.5 Å². The summed E-state index contributed by atoms with van der Waals surface area (Å²) in [4.78, 5) is 38.7. The van der Waals surface area contributed by atoms with E-state index in [4.69, 9.17) is 26.2 Å². The number of rotatable bonds is 7. The van der Waals surface area contributed by atoms with Crippen LogP contribution in [0, 0.1) is 0 Å². The molecule has 2 N–H and O–H groups in total. The molecule has 0 saturated heterocycles. The average Bonchev–Trinajstić information content (AvgIpc) is 2.96. The van der Waals surface area contributed by atoms with E-state index >= 15 is 0 Å². The Morgan fingerprint density at radius 1 is 1.28 bits per heavy atom. The van der Waals surface area contributed by atoms with Crippen molar-refractivity contribution in [2.24, 2.45) is 4.99 Å². The standard InChI is InChI=1S/C19H18ClNO7S/c1-3-14(22)21-18-16(19(26)27-4-2)17(25)13(29-18)8-10-5-6-12(11(20)7-10)28-9-15(23)24/h5-8,25H,3-4,9H2,1-2H3,(H,23,24)/b13-8-,21-18?. The molecule has 1 heterocycles. The zero-order valence-corrected chi connectivity index (χ0v) is 17.2. The van der Waals surface area contributed by atoms with Crippen LogP contribution < -0.4 is 4.74 Å². The van der Waals surface area contributed by atoms with E-state index in [-0.39, 0.29) is 45.1 Å². The predicted octanol–water partition coefficient (Wildman–Crippen LogP) is 3.60. The molecule has 1 aromatic rings. The van der Waals surface area contributed by atoms with E-state index in [1.54, 1.807) is 26.0 Å². The van der Waals surface area contributed by atoms with Crippen molar-refractivity contribution >= 4 is 52.3 Å². The number of aliphatic carboxylic acids is 1. The highest BCUT2D eigenvalue weighted by atomic mass is 35.5. The molecule has 0 spiro atoms. The maximum atomic E-state index is 12.2. The van der Waals surface area contributed by atoms with Crippen LogP contribution in [0.3, 0.4) is 0 Å². The van der Waals surface area contributed by atoms with E-state index in [0.717, 1.165) is 11.8 Å². The fourth-order valence-corrected chi connectivity index (χ4v) is 3.47. The molecular formula is C19H18ClNO7S. The molecule has 0 saturated carbocycles. The molecule has 29 heavy (non-hydrogen) atoms. The molecule has 2 rings (SSSR count). The van der Waals surface area contributed by atoms with Crippen LogP contribution in [0.25, 0.3) is 6.08 Å². The first kappa shape index (κ1) is 22.5. The van der Waals surface area contributed by atoms with Crippen LogP contribution in [0.1, 0.15) is 25.8 Å². The van der Waals surface area contributed by atoms with Gasteiger partial charge in [-0.15, -0.1) is 0 Å². The molecule has 1 aliphatic rings. The number of aliphatic imine (C=N–C) groups is 1. The van der Waals surface area contributed by atoms with Crippen molar-refractivity contribution in [1.82, 2.24) is 0 Å². The van der Waals surface area contributed by atoms with Crippen molar-refractivity contribution in [2.75, 3.05) is 13.2 Å². The second-order valence-electron chi connectivity index (χ2n) is 5.59. The van der Waals surface area contributed by atoms with Gasteiger partial charge in [-0.1, -0.05) is 36.4 Å². The van der Waals surface area contributed by atoms with E-state index in [0.29, 0.717) is 5.56 Å². The number of aliphatic hydroxyl groups excluding tert-OH is 1. The van der Waals surface area contributed by atoms with Gasteiger partial charge in [0.2, 0.25) is 5.91 Å². The number of aliphatic hydroxyl groups is 1. The minimum absolute atomic E-state index is 0.0616. The third-order valence-corrected chi connectivity index (χ3v) is 4.82. The van der Waals surface area contributed by atoms with Gasteiger partial charge in [0.25, 0.3) is 0 Å². The number of thioether (sulfide) groups is 1. The number of halogens is 1. The van der Waals surface area contributed by atoms with E-state index in [9.17, 15) is 19.5 Å². The summed E-state index contributed by atoms with van der Waals surface area (Å²) in [6.45, 7) is 2.82. The van der Waals surface area contributed by atoms with Crippen molar-refractivity contribution < 1.29 is 34.1 Å². The van der Waals surface area contributed by atoms with Gasteiger partial charge >= 0.3 is 11.9 Å². The van der Waals surface area contributed by atoms with E-state index in [1.807, 2.05) is 0 Å². The maximum Gasteiger partial charge on any atom is 0.344 e. The smallest absolute Gasteiger partial charge is 0.344 e. The third kappa shape index (κ3) is 5.85. The second-order valence-corrected chi connectivity index (χ2v) is 7.03. The zero-order valence-electron chi connectivity index (χ0n) is 15.6. The Morgan fingerprint density at radius 2 is 2.00 bits per heavy atom. The van der Waals surface area contributed by atoms with Crippen molar-refractivity contribution in [3.05, 3.63) is 45.0 Å². The van der Waals surface area contributed by atoms with Gasteiger partial charge in [0.15, 0.2) is 6.61 Å². The quantitative estimate of drug-likeness (QED) is 0.618. The maximum absolute atomic E-state index is 12.2. The summed E-state index contributed by atoms with van der Waals surface area (Å²) in [5.41, 5.74) is 0.385. The van der Waals surface area contributed by atoms with E-state index in [1.165, 1.54) is 12.1 Å². The molecule has 0 radical (unpaired) electrons. The molecule has 1 aromatic carbocycles. The number of carboxylic acid groups (broad SMARTS) is 1. The van der Waals surface area contributed by atoms with Gasteiger partial charge < -0.3 is 19.7 Å². The highest BCUT2D eigenvalue weighted by molar-refractivity contribution is 8.18. The Labute approximate surface area is 175 Å². The summed E-state index contributed by atoms with van der Waals surface area (Å²) in [5, 5.41) is 19.4. The van der Waals surface area contributed by atoms with Crippen molar-refractivity contribution in [3.8, 4) is 5.75 Å². The van der Waals surface area contributed by atoms with Crippen LogP contribution in [0.2, 0.25) is 5.02 Å². The van der Waals surface area contributed by atoms with Crippen LogP contribution in [-0.2, 0) is 19.1 Å². The number of hydrogen-bond acceptors (Lipinski definition) is 7. The lowest BCUT2D eigenvalue weighted by atomic mass is 10.1. The fourth-order valence-electron chi connectivity index (χ4n) is 2.20. The summed E-state index contributed by atoms with van der Waals surface area (Å²) < 4.78 is 10.0. The number of ether oxygens (including phenoxy) is 2. The second kappa shape index (κ2) is 10.1. The minimum Gasteiger partial charge on any atom is -0.506 e. The molecule has 0 fully saturated rings. The van der Waals surface area contributed by atoms with Crippen LogP contribution in [0.4, 0.5) is 0 Å². The van der Waals surface area contributed by atoms with Gasteiger partial charge in [-0.25, -0.2) is 14.6 Å². The fraction of sp³-hybridized carbons (Fsp3) is 0.263. The SMILES string of the molecule is CCOC(=O)C1=C(O)/C(=C/c2ccc(OCC(=O)O)c(Cl)c2)SC1=NC(=O)CC. The molecule has 0 bridgehead atoms. The lowest BCUT2D eigenvalue weighted by Crippen LogP contribution is -2.14. The first-order valence-corrected chi connectivity index (χ1v) is 9.72. The van der Waals surface area contributed by atoms with Gasteiger partial charge in [-0.05, 0) is 30.7 Å². The van der Waals surface area contributed by atoms with Crippen molar-refractivity contribution in [1.29, 1.82) is 0 Å². The highest BCUT2D eigenvalue weighted by Gasteiger charge is 2.33. The molecule has 0 atom stereocenters. The zero-order chi connectivity index (χ0) is 21.6. The van der Waals surface area contributed by atoms with Gasteiger partial charge in [-0.2, -0.15) is 0 Å². The van der Waals surface area contributed by atoms with E-state index in [2.05, 4.69) is 4.99 Å². The van der Waals surface area contributed by atoms with Gasteiger partial charge in [-0.3, -0.25) is 4.79 Å². The third-order valence-electron chi connectivity index (χ3n) is 3.50. The largest absolute Gasteiger partial charge is 0.506 e. The number of esters is 1. The molecule has 0 unspecified atom stereocenters. The lowest BCUT2D eigenvalue weighted by molar-refractivity contribution is -0.139. The Kier molecular flexibility index (Phi) is 7.86. The van der Waals surface area contributed by atoms with Gasteiger partial charge in [0.05, 0.1) is 16.5 Å². The van der Waals surface area contributed by atoms with Gasteiger partial charge in [0.1, 0.15) is 22.1 Å². The molecular weight excluding hydrogens is 422 g/mol. The number of carbonyl (C=O) groups excluding carboxylic acids is 2. The lowest BCUT2D eigenvalue weighted by Gasteiger charge is -2.06. The summed E-state index contributed by atoms with van der Waals surface area (Å²) in [6.07, 6.45) is 1.69. The predicted molar refractivity (Wildman–Crippen MR) is 109 cm³/mol. The molecule has 1 aliphatic heterocycles. The molecule has 1 amide bonds. The minimum atomic E-state index is -1.13. The van der Waals surface area contributed by atoms with Crippen LogP contribution in [0.5, 0.6) is 5.75 Å². The monoisotopic (exact) mass is 439 g/mol.